The van der Waals surface area contributed by atoms with Crippen molar-refractivity contribution in [2.24, 2.45) is 4.99 Å². The van der Waals surface area contributed by atoms with Gasteiger partial charge in [-0.05, 0) is 73.4 Å². The predicted molar refractivity (Wildman–Crippen MR) is 189 cm³/mol. The van der Waals surface area contributed by atoms with Crippen LogP contribution in [-0.4, -0.2) is 36.8 Å². The average Bonchev–Trinajstić information content (AvgIpc) is 3.35. The monoisotopic (exact) mass is 772 g/mol. The van der Waals surface area contributed by atoms with Crippen LogP contribution in [0.4, 0.5) is 0 Å². The highest BCUT2D eigenvalue weighted by atomic mass is 79.9. The molecule has 0 N–H and O–H groups in total. The summed E-state index contributed by atoms with van der Waals surface area (Å²) in [6.45, 7) is 5.47. The number of aromatic nitrogens is 1. The molecule has 0 spiro atoms. The van der Waals surface area contributed by atoms with Gasteiger partial charge in [-0.25, -0.2) is 9.79 Å². The van der Waals surface area contributed by atoms with Crippen LogP contribution in [0.5, 0.6) is 11.5 Å². The topological polar surface area (TPSA) is 105 Å². The van der Waals surface area contributed by atoms with Crippen LogP contribution < -0.4 is 24.4 Å². The number of carbonyl (C=O) groups is 2. The third-order valence-corrected chi connectivity index (χ3v) is 9.81. The molecule has 0 radical (unpaired) electrons. The molecule has 0 bridgehead atoms. The summed E-state index contributed by atoms with van der Waals surface area (Å²) < 4.78 is 24.6. The third kappa shape index (κ3) is 7.70. The first kappa shape index (κ1) is 35.4. The molecule has 1 aliphatic rings. The van der Waals surface area contributed by atoms with Crippen LogP contribution in [0, 0.1) is 0 Å². The van der Waals surface area contributed by atoms with Crippen molar-refractivity contribution < 1.29 is 28.5 Å². The SMILES string of the molecule is COC(=O)Cc1ccc([C@@H]2C(C(=O)OC(C)C)=C(C)N=c3s/c(=C/c4cc(OC)c(OCc5ccc(Cl)c(Cl)c5)cc4Br)c(=O)n32)cc1. The Balaban J connectivity index is 1.56. The molecule has 1 aliphatic heterocycles. The number of hydrogen-bond acceptors (Lipinski definition) is 9. The molecule has 2 heterocycles. The fourth-order valence-electron chi connectivity index (χ4n) is 5.10. The van der Waals surface area contributed by atoms with Crippen molar-refractivity contribution in [1.82, 2.24) is 4.57 Å². The van der Waals surface area contributed by atoms with E-state index in [0.717, 1.165) is 11.1 Å². The number of esters is 2. The molecule has 9 nitrogen and oxygen atoms in total. The van der Waals surface area contributed by atoms with Crippen molar-refractivity contribution in [3.8, 4) is 11.5 Å². The number of halogens is 3. The number of fused-ring (bicyclic) bond motifs is 1. The number of benzene rings is 3. The Bertz CT molecular complexity index is 2110. The van der Waals surface area contributed by atoms with Crippen LogP contribution in [0.15, 0.2) is 80.1 Å². The van der Waals surface area contributed by atoms with Gasteiger partial charge >= 0.3 is 11.9 Å². The Morgan fingerprint density at radius 3 is 2.38 bits per heavy atom. The Labute approximate surface area is 299 Å². The van der Waals surface area contributed by atoms with Crippen molar-refractivity contribution in [1.29, 1.82) is 0 Å². The van der Waals surface area contributed by atoms with Gasteiger partial charge in [-0.2, -0.15) is 0 Å². The van der Waals surface area contributed by atoms with Crippen molar-refractivity contribution in [2.45, 2.75) is 45.9 Å². The van der Waals surface area contributed by atoms with E-state index < -0.39 is 12.0 Å². The minimum atomic E-state index is -0.808. The zero-order valence-electron chi connectivity index (χ0n) is 26.6. The summed E-state index contributed by atoms with van der Waals surface area (Å²) in [6, 6.07) is 15.1. The van der Waals surface area contributed by atoms with Gasteiger partial charge < -0.3 is 18.9 Å². The van der Waals surface area contributed by atoms with Gasteiger partial charge in [-0.1, -0.05) is 80.8 Å². The largest absolute Gasteiger partial charge is 0.493 e. The maximum atomic E-state index is 14.1. The van der Waals surface area contributed by atoms with E-state index in [4.69, 9.17) is 42.1 Å². The Morgan fingerprint density at radius 2 is 1.73 bits per heavy atom. The van der Waals surface area contributed by atoms with E-state index in [0.29, 0.717) is 52.2 Å². The van der Waals surface area contributed by atoms with E-state index in [2.05, 4.69) is 20.9 Å². The molecule has 0 fully saturated rings. The molecule has 5 rings (SSSR count). The van der Waals surface area contributed by atoms with Crippen LogP contribution >= 0.6 is 50.5 Å². The summed E-state index contributed by atoms with van der Waals surface area (Å²) >= 11 is 17.0. The summed E-state index contributed by atoms with van der Waals surface area (Å²) in [6.07, 6.45) is 1.45. The first-order chi connectivity index (χ1) is 22.9. The lowest BCUT2D eigenvalue weighted by molar-refractivity contribution is -0.143. The van der Waals surface area contributed by atoms with Crippen LogP contribution in [0.25, 0.3) is 6.08 Å². The van der Waals surface area contributed by atoms with Crippen LogP contribution in [0.3, 0.4) is 0 Å². The molecule has 1 aromatic heterocycles. The first-order valence-corrected chi connectivity index (χ1v) is 17.1. The molecule has 250 valence electrons. The smallest absolute Gasteiger partial charge is 0.338 e. The minimum absolute atomic E-state index is 0.0916. The molecule has 4 aromatic rings. The first-order valence-electron chi connectivity index (χ1n) is 14.7. The maximum absolute atomic E-state index is 14.1. The lowest BCUT2D eigenvalue weighted by atomic mass is 9.94. The standard InChI is InChI=1S/C35H31BrCl2N2O7S/c1-18(2)47-34(43)31-19(3)39-35-40(32(31)22-9-6-20(7-10-22)13-30(41)45-5)33(42)29(48-35)15-23-14-27(44-4)28(16-24(23)36)46-17-21-8-11-25(37)26(38)12-21/h6-12,14-16,18,32H,13,17H2,1-5H3/b29-15+/t32-/m1/s1. The number of methoxy groups -OCH3 is 2. The van der Waals surface area contributed by atoms with E-state index in [1.54, 1.807) is 75.4 Å². The second-order valence-electron chi connectivity index (χ2n) is 11.1. The third-order valence-electron chi connectivity index (χ3n) is 7.40. The normalized spacial score (nSPS) is 14.4. The molecule has 13 heteroatoms. The number of ether oxygens (including phenoxy) is 4. The Kier molecular flexibility index (Phi) is 11.1. The Hall–Kier alpha value is -3.90. The summed E-state index contributed by atoms with van der Waals surface area (Å²) in [4.78, 5) is 44.5. The van der Waals surface area contributed by atoms with Gasteiger partial charge in [0.05, 0.1) is 58.6 Å². The molecule has 0 aliphatic carbocycles. The molecular formula is C35H31BrCl2N2O7S. The molecular weight excluding hydrogens is 743 g/mol. The van der Waals surface area contributed by atoms with Crippen LogP contribution in [0.1, 0.15) is 49.1 Å². The lowest BCUT2D eigenvalue weighted by Gasteiger charge is -2.25. The van der Waals surface area contributed by atoms with E-state index in [-0.39, 0.29) is 36.2 Å². The van der Waals surface area contributed by atoms with Gasteiger partial charge in [0, 0.05) is 4.47 Å². The summed E-state index contributed by atoms with van der Waals surface area (Å²) in [5.74, 6) is 0.0000409. The molecule has 0 saturated carbocycles. The molecule has 0 unspecified atom stereocenters. The Morgan fingerprint density at radius 1 is 1.02 bits per heavy atom. The second kappa shape index (κ2) is 15.1. The highest BCUT2D eigenvalue weighted by Crippen LogP contribution is 2.35. The zero-order chi connectivity index (χ0) is 34.7. The second-order valence-corrected chi connectivity index (χ2v) is 13.8. The number of nitrogens with zero attached hydrogens (tertiary/aromatic N) is 2. The molecule has 0 saturated heterocycles. The molecule has 3 aromatic carbocycles. The summed E-state index contributed by atoms with van der Waals surface area (Å²) in [7, 11) is 2.86. The fraction of sp³-hybridized carbons (Fsp3) is 0.257. The van der Waals surface area contributed by atoms with E-state index >= 15 is 0 Å². The van der Waals surface area contributed by atoms with Crippen molar-refractivity contribution >= 4 is 68.5 Å². The van der Waals surface area contributed by atoms with Gasteiger partial charge in [-0.3, -0.25) is 14.2 Å². The fourth-order valence-corrected chi connectivity index (χ4v) is 6.89. The van der Waals surface area contributed by atoms with E-state index in [1.807, 2.05) is 6.07 Å². The van der Waals surface area contributed by atoms with Gasteiger partial charge in [0.2, 0.25) is 0 Å². The summed E-state index contributed by atoms with van der Waals surface area (Å²) in [5, 5.41) is 0.886. The molecule has 0 amide bonds. The number of carbonyl (C=O) groups excluding carboxylic acids is 2. The van der Waals surface area contributed by atoms with Crippen molar-refractivity contribution in [2.75, 3.05) is 14.2 Å². The van der Waals surface area contributed by atoms with E-state index in [1.165, 1.54) is 30.1 Å². The highest BCUT2D eigenvalue weighted by Gasteiger charge is 2.34. The molecule has 1 atom stereocenters. The van der Waals surface area contributed by atoms with Gasteiger partial charge in [0.1, 0.15) is 6.61 Å². The average molecular weight is 775 g/mol. The number of rotatable bonds is 10. The van der Waals surface area contributed by atoms with Crippen molar-refractivity contribution in [3.63, 3.8) is 0 Å². The zero-order valence-corrected chi connectivity index (χ0v) is 30.6. The maximum Gasteiger partial charge on any atom is 0.338 e. The lowest BCUT2D eigenvalue weighted by Crippen LogP contribution is -2.40. The van der Waals surface area contributed by atoms with E-state index in [9.17, 15) is 14.4 Å². The predicted octanol–water partition coefficient (Wildman–Crippen LogP) is 6.56. The summed E-state index contributed by atoms with van der Waals surface area (Å²) in [5.41, 5.74) is 3.25. The van der Waals surface area contributed by atoms with Gasteiger partial charge in [-0.15, -0.1) is 0 Å². The van der Waals surface area contributed by atoms with Crippen LogP contribution in [-0.2, 0) is 32.1 Å². The minimum Gasteiger partial charge on any atom is -0.493 e. The van der Waals surface area contributed by atoms with Crippen molar-refractivity contribution in [3.05, 3.63) is 122 Å². The quantitative estimate of drug-likeness (QED) is 0.168. The number of thiazole rings is 1. The highest BCUT2D eigenvalue weighted by molar-refractivity contribution is 9.10. The van der Waals surface area contributed by atoms with Gasteiger partial charge in [0.25, 0.3) is 5.56 Å². The molecule has 48 heavy (non-hydrogen) atoms. The van der Waals surface area contributed by atoms with Gasteiger partial charge in [0.15, 0.2) is 16.3 Å². The number of allylic oxidation sites excluding steroid dienone is 1. The number of hydrogen-bond donors (Lipinski definition) is 0. The van der Waals surface area contributed by atoms with Crippen LogP contribution in [0.2, 0.25) is 10.0 Å².